The summed E-state index contributed by atoms with van der Waals surface area (Å²) < 4.78 is 5.59. The maximum atomic E-state index is 12.3. The molecular weight excluding hydrogens is 314 g/mol. The van der Waals surface area contributed by atoms with Crippen molar-refractivity contribution in [3.05, 3.63) is 59.7 Å². The van der Waals surface area contributed by atoms with E-state index in [9.17, 15) is 9.90 Å². The number of rotatable bonds is 3. The van der Waals surface area contributed by atoms with Crippen LogP contribution in [0.25, 0.3) is 11.1 Å². The number of β-amino-alcohol motifs (C(OH)–C–C–N with tert-alkyl or cyclic N) is 1. The summed E-state index contributed by atoms with van der Waals surface area (Å²) >= 11 is 0. The Hall–Kier alpha value is -2.33. The molecule has 2 aromatic carbocycles. The standard InChI is InChI=1S/C21H23NO3/c1-14(2)21(24)12-22(13-21)20(23)25-11-19-17-9-5-3-7-15(17)16-8-4-6-10-18(16)19/h3-10,14,19,24H,11-13H2,1-2H3. The second kappa shape index (κ2) is 5.88. The quantitative estimate of drug-likeness (QED) is 0.930. The molecule has 4 rings (SSSR count). The fourth-order valence-corrected chi connectivity index (χ4v) is 3.79. The molecular formula is C21H23NO3. The van der Waals surface area contributed by atoms with E-state index in [0.717, 1.165) is 0 Å². The van der Waals surface area contributed by atoms with Crippen molar-refractivity contribution in [2.24, 2.45) is 5.92 Å². The number of hydrogen-bond donors (Lipinski definition) is 1. The average molecular weight is 337 g/mol. The van der Waals surface area contributed by atoms with Crippen molar-refractivity contribution in [3.8, 4) is 11.1 Å². The minimum atomic E-state index is -0.772. The third-order valence-electron chi connectivity index (χ3n) is 5.60. The zero-order chi connectivity index (χ0) is 17.6. The Morgan fingerprint density at radius 3 is 2.16 bits per heavy atom. The summed E-state index contributed by atoms with van der Waals surface area (Å²) in [6, 6.07) is 16.6. The highest BCUT2D eigenvalue weighted by Crippen LogP contribution is 2.44. The molecule has 25 heavy (non-hydrogen) atoms. The van der Waals surface area contributed by atoms with Gasteiger partial charge in [0.05, 0.1) is 13.1 Å². The molecule has 1 fully saturated rings. The number of carbonyl (C=O) groups excluding carboxylic acids is 1. The third-order valence-corrected chi connectivity index (χ3v) is 5.60. The van der Waals surface area contributed by atoms with Gasteiger partial charge in [0.2, 0.25) is 0 Å². The molecule has 130 valence electrons. The van der Waals surface area contributed by atoms with Gasteiger partial charge in [0.15, 0.2) is 0 Å². The van der Waals surface area contributed by atoms with Crippen molar-refractivity contribution in [2.75, 3.05) is 19.7 Å². The molecule has 0 bridgehead atoms. The summed E-state index contributed by atoms with van der Waals surface area (Å²) in [7, 11) is 0. The van der Waals surface area contributed by atoms with Crippen molar-refractivity contribution in [3.63, 3.8) is 0 Å². The number of ether oxygens (including phenoxy) is 1. The first-order valence-electron chi connectivity index (χ1n) is 8.82. The van der Waals surface area contributed by atoms with E-state index in [1.165, 1.54) is 22.3 Å². The highest BCUT2D eigenvalue weighted by Gasteiger charge is 2.46. The van der Waals surface area contributed by atoms with Gasteiger partial charge >= 0.3 is 6.09 Å². The first-order chi connectivity index (χ1) is 12.0. The molecule has 0 saturated carbocycles. The van der Waals surface area contributed by atoms with Gasteiger partial charge in [0.1, 0.15) is 12.2 Å². The van der Waals surface area contributed by atoms with Crippen molar-refractivity contribution in [1.29, 1.82) is 0 Å². The Labute approximate surface area is 148 Å². The Morgan fingerprint density at radius 2 is 1.64 bits per heavy atom. The summed E-state index contributed by atoms with van der Waals surface area (Å²) in [5.74, 6) is 0.201. The number of aliphatic hydroxyl groups is 1. The van der Waals surface area contributed by atoms with E-state index in [4.69, 9.17) is 4.74 Å². The van der Waals surface area contributed by atoms with E-state index >= 15 is 0 Å². The predicted molar refractivity (Wildman–Crippen MR) is 96.4 cm³/mol. The number of benzene rings is 2. The van der Waals surface area contributed by atoms with Gasteiger partial charge in [-0.2, -0.15) is 0 Å². The van der Waals surface area contributed by atoms with Gasteiger partial charge < -0.3 is 14.7 Å². The maximum absolute atomic E-state index is 12.3. The summed E-state index contributed by atoms with van der Waals surface area (Å²) in [5, 5.41) is 10.3. The first kappa shape index (κ1) is 16.2. The number of amides is 1. The summed E-state index contributed by atoms with van der Waals surface area (Å²) in [5.41, 5.74) is 4.08. The molecule has 0 spiro atoms. The maximum Gasteiger partial charge on any atom is 0.409 e. The first-order valence-corrected chi connectivity index (χ1v) is 8.82. The molecule has 2 aliphatic rings. The fraction of sp³-hybridized carbons (Fsp3) is 0.381. The van der Waals surface area contributed by atoms with Crippen LogP contribution in [0.5, 0.6) is 0 Å². The van der Waals surface area contributed by atoms with Gasteiger partial charge in [-0.05, 0) is 28.2 Å². The van der Waals surface area contributed by atoms with E-state index in [-0.39, 0.29) is 17.9 Å². The van der Waals surface area contributed by atoms with Crippen LogP contribution >= 0.6 is 0 Å². The van der Waals surface area contributed by atoms with Crippen LogP contribution < -0.4 is 0 Å². The van der Waals surface area contributed by atoms with Gasteiger partial charge in [-0.15, -0.1) is 0 Å². The zero-order valence-corrected chi connectivity index (χ0v) is 14.6. The van der Waals surface area contributed by atoms with E-state index in [1.807, 2.05) is 38.1 Å². The number of hydrogen-bond acceptors (Lipinski definition) is 3. The molecule has 0 radical (unpaired) electrons. The lowest BCUT2D eigenvalue weighted by Crippen LogP contribution is -2.66. The number of nitrogens with zero attached hydrogens (tertiary/aromatic N) is 1. The van der Waals surface area contributed by atoms with Crippen molar-refractivity contribution in [1.82, 2.24) is 4.90 Å². The van der Waals surface area contributed by atoms with Crippen LogP contribution in [0.1, 0.15) is 30.9 Å². The van der Waals surface area contributed by atoms with Gasteiger partial charge in [-0.1, -0.05) is 62.4 Å². The molecule has 0 aromatic heterocycles. The lowest BCUT2D eigenvalue weighted by atomic mass is 9.83. The van der Waals surface area contributed by atoms with Crippen LogP contribution in [0.3, 0.4) is 0 Å². The van der Waals surface area contributed by atoms with Crippen molar-refractivity contribution in [2.45, 2.75) is 25.4 Å². The van der Waals surface area contributed by atoms with Gasteiger partial charge in [0.25, 0.3) is 0 Å². The second-order valence-corrected chi connectivity index (χ2v) is 7.42. The van der Waals surface area contributed by atoms with Crippen LogP contribution in [0.2, 0.25) is 0 Å². The largest absolute Gasteiger partial charge is 0.448 e. The second-order valence-electron chi connectivity index (χ2n) is 7.42. The topological polar surface area (TPSA) is 49.8 Å². The van der Waals surface area contributed by atoms with Crippen molar-refractivity contribution < 1.29 is 14.6 Å². The molecule has 0 atom stereocenters. The number of likely N-dealkylation sites (tertiary alicyclic amines) is 1. The monoisotopic (exact) mass is 337 g/mol. The molecule has 1 N–H and O–H groups in total. The van der Waals surface area contributed by atoms with Crippen LogP contribution in [0.4, 0.5) is 4.79 Å². The van der Waals surface area contributed by atoms with Crippen LogP contribution in [-0.4, -0.2) is 41.4 Å². The zero-order valence-electron chi connectivity index (χ0n) is 14.6. The van der Waals surface area contributed by atoms with Gasteiger partial charge in [0, 0.05) is 5.92 Å². The summed E-state index contributed by atoms with van der Waals surface area (Å²) in [6.45, 7) is 4.95. The smallest absolute Gasteiger partial charge is 0.409 e. The Balaban J connectivity index is 1.46. The lowest BCUT2D eigenvalue weighted by Gasteiger charge is -2.48. The molecule has 4 nitrogen and oxygen atoms in total. The van der Waals surface area contributed by atoms with Crippen LogP contribution in [0.15, 0.2) is 48.5 Å². The molecule has 0 unspecified atom stereocenters. The molecule has 1 saturated heterocycles. The van der Waals surface area contributed by atoms with E-state index < -0.39 is 5.60 Å². The highest BCUT2D eigenvalue weighted by atomic mass is 16.6. The highest BCUT2D eigenvalue weighted by molar-refractivity contribution is 5.79. The van der Waals surface area contributed by atoms with Crippen molar-refractivity contribution >= 4 is 6.09 Å². The molecule has 1 amide bonds. The van der Waals surface area contributed by atoms with Gasteiger partial charge in [-0.3, -0.25) is 0 Å². The Bertz CT molecular complexity index is 763. The number of fused-ring (bicyclic) bond motifs is 3. The SMILES string of the molecule is CC(C)C1(O)CN(C(=O)OCC2c3ccccc3-c3ccccc32)C1. The molecule has 2 aromatic rings. The normalized spacial score (nSPS) is 17.8. The third kappa shape index (κ3) is 2.61. The minimum Gasteiger partial charge on any atom is -0.448 e. The average Bonchev–Trinajstić information content (AvgIpc) is 2.91. The fourth-order valence-electron chi connectivity index (χ4n) is 3.79. The Morgan fingerprint density at radius 1 is 1.12 bits per heavy atom. The van der Waals surface area contributed by atoms with E-state index in [0.29, 0.717) is 19.7 Å². The lowest BCUT2D eigenvalue weighted by molar-refractivity contribution is -0.117. The minimum absolute atomic E-state index is 0.0709. The molecule has 1 aliphatic carbocycles. The number of carbonyl (C=O) groups is 1. The van der Waals surface area contributed by atoms with E-state index in [2.05, 4.69) is 24.3 Å². The summed E-state index contributed by atoms with van der Waals surface area (Å²) in [6.07, 6.45) is -0.341. The Kier molecular flexibility index (Phi) is 3.80. The predicted octanol–water partition coefficient (Wildman–Crippen LogP) is 3.64. The van der Waals surface area contributed by atoms with E-state index in [1.54, 1.807) is 4.90 Å². The summed E-state index contributed by atoms with van der Waals surface area (Å²) in [4.78, 5) is 13.9. The van der Waals surface area contributed by atoms with Crippen LogP contribution in [-0.2, 0) is 4.74 Å². The molecule has 1 aliphatic heterocycles. The van der Waals surface area contributed by atoms with Crippen LogP contribution in [0, 0.1) is 5.92 Å². The molecule has 4 heteroatoms. The van der Waals surface area contributed by atoms with Gasteiger partial charge in [-0.25, -0.2) is 4.79 Å². The molecule has 1 heterocycles.